The first-order valence-corrected chi connectivity index (χ1v) is 3.55. The van der Waals surface area contributed by atoms with E-state index < -0.39 is 0 Å². The highest BCUT2D eigenvalue weighted by Crippen LogP contribution is 2.08. The molecule has 0 aromatic heterocycles. The van der Waals surface area contributed by atoms with Crippen molar-refractivity contribution in [2.75, 3.05) is 26.9 Å². The fraction of sp³-hybridized carbons (Fsp3) is 1.00. The van der Waals surface area contributed by atoms with E-state index >= 15 is 0 Å². The molecule has 3 heteroatoms. The van der Waals surface area contributed by atoms with Gasteiger partial charge in [-0.15, -0.1) is 0 Å². The van der Waals surface area contributed by atoms with Crippen LogP contribution in [0.3, 0.4) is 0 Å². The van der Waals surface area contributed by atoms with Crippen LogP contribution in [0, 0.1) is 0 Å². The van der Waals surface area contributed by atoms with Crippen molar-refractivity contribution in [3.05, 3.63) is 0 Å². The van der Waals surface area contributed by atoms with Gasteiger partial charge in [0, 0.05) is 7.11 Å². The zero-order valence-electron chi connectivity index (χ0n) is 6.50. The van der Waals surface area contributed by atoms with Crippen molar-refractivity contribution in [1.29, 1.82) is 0 Å². The minimum atomic E-state index is 0.193. The molecule has 1 heterocycles. The van der Waals surface area contributed by atoms with E-state index in [1.54, 1.807) is 7.11 Å². The first kappa shape index (κ1) is 7.98. The Labute approximate surface area is 61.3 Å². The second kappa shape index (κ2) is 3.91. The maximum Gasteiger partial charge on any atom is 0.104 e. The van der Waals surface area contributed by atoms with Crippen molar-refractivity contribution in [2.45, 2.75) is 19.1 Å². The molecular weight excluding hydrogens is 132 g/mol. The Hall–Kier alpha value is -0.120. The third-order valence-corrected chi connectivity index (χ3v) is 1.46. The molecular formula is C7H14O3. The van der Waals surface area contributed by atoms with Crippen molar-refractivity contribution < 1.29 is 14.2 Å². The van der Waals surface area contributed by atoms with E-state index in [2.05, 4.69) is 0 Å². The molecule has 0 bridgehead atoms. The molecule has 3 nitrogen and oxygen atoms in total. The van der Waals surface area contributed by atoms with Crippen LogP contribution in [-0.2, 0) is 14.2 Å². The number of ether oxygens (including phenoxy) is 3. The minimum Gasteiger partial charge on any atom is -0.379 e. The van der Waals surface area contributed by atoms with E-state index in [1.807, 2.05) is 6.92 Å². The fourth-order valence-electron chi connectivity index (χ4n) is 0.598. The lowest BCUT2D eigenvalue weighted by Crippen LogP contribution is -2.15. The zero-order valence-corrected chi connectivity index (χ0v) is 6.50. The van der Waals surface area contributed by atoms with Gasteiger partial charge in [-0.3, -0.25) is 0 Å². The molecule has 2 unspecified atom stereocenters. The maximum absolute atomic E-state index is 5.26. The van der Waals surface area contributed by atoms with Crippen LogP contribution in [0.4, 0.5) is 0 Å². The highest BCUT2D eigenvalue weighted by Gasteiger charge is 2.22. The highest BCUT2D eigenvalue weighted by molar-refractivity contribution is 4.67. The smallest absolute Gasteiger partial charge is 0.104 e. The predicted molar refractivity (Wildman–Crippen MR) is 37.0 cm³/mol. The molecule has 0 radical (unpaired) electrons. The molecule has 1 rings (SSSR count). The topological polar surface area (TPSA) is 31.0 Å². The number of rotatable bonds is 5. The van der Waals surface area contributed by atoms with Crippen LogP contribution in [0.2, 0.25) is 0 Å². The van der Waals surface area contributed by atoms with Gasteiger partial charge in [-0.1, -0.05) is 0 Å². The maximum atomic E-state index is 5.26. The molecule has 0 saturated carbocycles. The Kier molecular flexibility index (Phi) is 3.12. The molecule has 0 spiro atoms. The van der Waals surface area contributed by atoms with Gasteiger partial charge in [-0.25, -0.2) is 0 Å². The lowest BCUT2D eigenvalue weighted by atomic mass is 10.4. The molecule has 0 N–H and O–H groups in total. The van der Waals surface area contributed by atoms with Gasteiger partial charge < -0.3 is 14.2 Å². The second-order valence-corrected chi connectivity index (χ2v) is 2.54. The fourth-order valence-corrected chi connectivity index (χ4v) is 0.598. The van der Waals surface area contributed by atoms with Gasteiger partial charge >= 0.3 is 0 Å². The summed E-state index contributed by atoms with van der Waals surface area (Å²) in [5, 5.41) is 0. The van der Waals surface area contributed by atoms with Crippen LogP contribution in [0.25, 0.3) is 0 Å². The van der Waals surface area contributed by atoms with Gasteiger partial charge in [-0.05, 0) is 6.92 Å². The average molecular weight is 146 g/mol. The summed E-state index contributed by atoms with van der Waals surface area (Å²) in [4.78, 5) is 0. The molecule has 1 saturated heterocycles. The summed E-state index contributed by atoms with van der Waals surface area (Å²) >= 11 is 0. The van der Waals surface area contributed by atoms with E-state index in [4.69, 9.17) is 14.2 Å². The van der Waals surface area contributed by atoms with Crippen molar-refractivity contribution in [1.82, 2.24) is 0 Å². The predicted octanol–water partition coefficient (Wildman–Crippen LogP) is 0.437. The summed E-state index contributed by atoms with van der Waals surface area (Å²) < 4.78 is 15.2. The van der Waals surface area contributed by atoms with Crippen LogP contribution in [-0.4, -0.2) is 39.1 Å². The van der Waals surface area contributed by atoms with Gasteiger partial charge in [-0.2, -0.15) is 0 Å². The van der Waals surface area contributed by atoms with Crippen molar-refractivity contribution in [3.63, 3.8) is 0 Å². The average Bonchev–Trinajstić information content (AvgIpc) is 2.71. The third kappa shape index (κ3) is 3.15. The van der Waals surface area contributed by atoms with E-state index in [9.17, 15) is 0 Å². The first-order valence-electron chi connectivity index (χ1n) is 3.55. The molecule has 0 amide bonds. The molecule has 2 atom stereocenters. The number of hydrogen-bond donors (Lipinski definition) is 0. The van der Waals surface area contributed by atoms with E-state index in [0.717, 1.165) is 6.61 Å². The summed E-state index contributed by atoms with van der Waals surface area (Å²) in [7, 11) is 1.68. The Bertz CT molecular complexity index is 90.9. The molecule has 1 aliphatic rings. The Balaban J connectivity index is 1.83. The summed E-state index contributed by atoms with van der Waals surface area (Å²) in [6.45, 7) is 4.22. The summed E-state index contributed by atoms with van der Waals surface area (Å²) in [5.74, 6) is 0. The van der Waals surface area contributed by atoms with E-state index in [1.165, 1.54) is 0 Å². The second-order valence-electron chi connectivity index (χ2n) is 2.54. The monoisotopic (exact) mass is 146 g/mol. The molecule has 60 valence electrons. The van der Waals surface area contributed by atoms with Gasteiger partial charge in [0.15, 0.2) is 0 Å². The number of methoxy groups -OCH3 is 1. The van der Waals surface area contributed by atoms with Crippen molar-refractivity contribution >= 4 is 0 Å². The number of hydrogen-bond acceptors (Lipinski definition) is 3. The minimum absolute atomic E-state index is 0.193. The summed E-state index contributed by atoms with van der Waals surface area (Å²) in [6, 6.07) is 0. The van der Waals surface area contributed by atoms with Crippen molar-refractivity contribution in [2.24, 2.45) is 0 Å². The molecule has 1 fully saturated rings. The van der Waals surface area contributed by atoms with E-state index in [-0.39, 0.29) is 6.10 Å². The van der Waals surface area contributed by atoms with E-state index in [0.29, 0.717) is 19.3 Å². The van der Waals surface area contributed by atoms with Crippen LogP contribution >= 0.6 is 0 Å². The highest BCUT2D eigenvalue weighted by atomic mass is 16.6. The summed E-state index contributed by atoms with van der Waals surface area (Å²) in [5.41, 5.74) is 0. The SMILES string of the molecule is COC(C)COCC1CO1. The van der Waals surface area contributed by atoms with Crippen LogP contribution < -0.4 is 0 Å². The first-order chi connectivity index (χ1) is 4.83. The Morgan fingerprint density at radius 2 is 2.40 bits per heavy atom. The molecule has 0 aromatic carbocycles. The van der Waals surface area contributed by atoms with Crippen LogP contribution in [0.5, 0.6) is 0 Å². The quantitative estimate of drug-likeness (QED) is 0.527. The molecule has 0 aliphatic carbocycles. The third-order valence-electron chi connectivity index (χ3n) is 1.46. The normalized spacial score (nSPS) is 26.4. The lowest BCUT2D eigenvalue weighted by molar-refractivity contribution is 0.0138. The van der Waals surface area contributed by atoms with Gasteiger partial charge in [0.05, 0.1) is 25.9 Å². The van der Waals surface area contributed by atoms with Crippen LogP contribution in [0.1, 0.15) is 6.92 Å². The van der Waals surface area contributed by atoms with Crippen molar-refractivity contribution in [3.8, 4) is 0 Å². The summed E-state index contributed by atoms with van der Waals surface area (Å²) in [6.07, 6.45) is 0.558. The standard InChI is InChI=1S/C7H14O3/c1-6(8-2)3-9-4-7-5-10-7/h6-7H,3-5H2,1-2H3. The Morgan fingerprint density at radius 1 is 1.70 bits per heavy atom. The largest absolute Gasteiger partial charge is 0.379 e. The molecule has 0 aromatic rings. The molecule has 1 aliphatic heterocycles. The Morgan fingerprint density at radius 3 is 2.90 bits per heavy atom. The molecule has 10 heavy (non-hydrogen) atoms. The van der Waals surface area contributed by atoms with Gasteiger partial charge in [0.2, 0.25) is 0 Å². The zero-order chi connectivity index (χ0) is 7.40. The lowest BCUT2D eigenvalue weighted by Gasteiger charge is -2.08. The van der Waals surface area contributed by atoms with Gasteiger partial charge in [0.1, 0.15) is 6.10 Å². The number of epoxide rings is 1. The van der Waals surface area contributed by atoms with Gasteiger partial charge in [0.25, 0.3) is 0 Å². The van der Waals surface area contributed by atoms with Crippen LogP contribution in [0.15, 0.2) is 0 Å².